The Bertz CT molecular complexity index is 1450. The first-order valence-corrected chi connectivity index (χ1v) is 16.3. The van der Waals surface area contributed by atoms with Gasteiger partial charge in [-0.25, -0.2) is 8.42 Å². The van der Waals surface area contributed by atoms with Crippen molar-refractivity contribution in [1.82, 2.24) is 10.2 Å². The van der Waals surface area contributed by atoms with Gasteiger partial charge in [0.25, 0.3) is 10.0 Å². The Morgan fingerprint density at radius 3 is 2.17 bits per heavy atom. The van der Waals surface area contributed by atoms with Gasteiger partial charge in [0.15, 0.2) is 0 Å². The SMILES string of the molecule is CCOc1ccc(N(CC(=O)N(Cc2ccc(Cl)c(Cl)c2)[C@H](CC)C(=O)NC)S(=O)(=O)c2ccc(SC)cc2)cc1. The van der Waals surface area contributed by atoms with Crippen LogP contribution in [0.5, 0.6) is 5.75 Å². The number of carbonyl (C=O) groups is 2. The van der Waals surface area contributed by atoms with E-state index in [-0.39, 0.29) is 23.0 Å². The summed E-state index contributed by atoms with van der Waals surface area (Å²) < 4.78 is 34.5. The number of likely N-dealkylation sites (N-methyl/N-ethyl adjacent to an activating group) is 1. The molecule has 3 aromatic carbocycles. The second-order valence-corrected chi connectivity index (χ2v) is 12.5. The van der Waals surface area contributed by atoms with Crippen molar-refractivity contribution in [3.05, 3.63) is 82.3 Å². The first-order chi connectivity index (χ1) is 19.5. The molecule has 1 N–H and O–H groups in total. The predicted octanol–water partition coefficient (Wildman–Crippen LogP) is 5.86. The fourth-order valence-electron chi connectivity index (χ4n) is 4.20. The molecule has 0 fully saturated rings. The third kappa shape index (κ3) is 8.09. The number of nitrogens with one attached hydrogen (secondary N) is 1. The topological polar surface area (TPSA) is 96.0 Å². The van der Waals surface area contributed by atoms with Crippen LogP contribution in [-0.2, 0) is 26.2 Å². The third-order valence-electron chi connectivity index (χ3n) is 6.33. The monoisotopic (exact) mass is 637 g/mol. The third-order valence-corrected chi connectivity index (χ3v) is 9.60. The van der Waals surface area contributed by atoms with Gasteiger partial charge in [-0.05, 0) is 85.8 Å². The molecular weight excluding hydrogens is 605 g/mol. The van der Waals surface area contributed by atoms with E-state index >= 15 is 0 Å². The number of carbonyl (C=O) groups excluding carboxylic acids is 2. The molecular formula is C29H33Cl2N3O5S2. The quantitative estimate of drug-likeness (QED) is 0.236. The number of ether oxygens (including phenoxy) is 1. The van der Waals surface area contributed by atoms with E-state index in [1.807, 2.05) is 13.2 Å². The van der Waals surface area contributed by atoms with E-state index in [0.717, 1.165) is 9.20 Å². The van der Waals surface area contributed by atoms with Crippen LogP contribution in [0.2, 0.25) is 10.0 Å². The smallest absolute Gasteiger partial charge is 0.264 e. The summed E-state index contributed by atoms with van der Waals surface area (Å²) in [6.45, 7) is 3.55. The van der Waals surface area contributed by atoms with Crippen molar-refractivity contribution in [1.29, 1.82) is 0 Å². The zero-order chi connectivity index (χ0) is 30.2. The lowest BCUT2D eigenvalue weighted by atomic mass is 10.1. The summed E-state index contributed by atoms with van der Waals surface area (Å²) >= 11 is 13.8. The molecule has 0 bridgehead atoms. The number of anilines is 1. The molecule has 8 nitrogen and oxygen atoms in total. The highest BCUT2D eigenvalue weighted by Gasteiger charge is 2.33. The molecule has 0 aliphatic carbocycles. The second kappa shape index (κ2) is 14.8. The maximum atomic E-state index is 14.0. The van der Waals surface area contributed by atoms with Gasteiger partial charge in [0.2, 0.25) is 11.8 Å². The number of benzene rings is 3. The van der Waals surface area contributed by atoms with Crippen LogP contribution in [-0.4, -0.2) is 57.6 Å². The van der Waals surface area contributed by atoms with Crippen LogP contribution in [0, 0.1) is 0 Å². The number of sulfonamides is 1. The van der Waals surface area contributed by atoms with Crippen LogP contribution < -0.4 is 14.4 Å². The minimum atomic E-state index is -4.18. The van der Waals surface area contributed by atoms with Gasteiger partial charge in [-0.2, -0.15) is 0 Å². The highest BCUT2D eigenvalue weighted by atomic mass is 35.5. The zero-order valence-electron chi connectivity index (χ0n) is 23.3. The molecule has 0 unspecified atom stereocenters. The van der Waals surface area contributed by atoms with Gasteiger partial charge < -0.3 is 15.0 Å². The van der Waals surface area contributed by atoms with Gasteiger partial charge in [-0.1, -0.05) is 36.2 Å². The molecule has 0 spiro atoms. The fraction of sp³-hybridized carbons (Fsp3) is 0.310. The lowest BCUT2D eigenvalue weighted by molar-refractivity contribution is -0.140. The Balaban J connectivity index is 2.07. The maximum absolute atomic E-state index is 14.0. The second-order valence-electron chi connectivity index (χ2n) is 8.92. The van der Waals surface area contributed by atoms with Gasteiger partial charge in [0.1, 0.15) is 18.3 Å². The molecule has 0 aliphatic rings. The van der Waals surface area contributed by atoms with Crippen LogP contribution in [0.1, 0.15) is 25.8 Å². The Morgan fingerprint density at radius 2 is 1.63 bits per heavy atom. The average molecular weight is 639 g/mol. The first-order valence-electron chi connectivity index (χ1n) is 12.9. The fourth-order valence-corrected chi connectivity index (χ4v) is 6.34. The van der Waals surface area contributed by atoms with Crippen molar-refractivity contribution in [3.63, 3.8) is 0 Å². The summed E-state index contributed by atoms with van der Waals surface area (Å²) in [5, 5.41) is 3.26. The van der Waals surface area contributed by atoms with Crippen molar-refractivity contribution in [2.75, 3.05) is 30.8 Å². The standard InChI is InChI=1S/C29H33Cl2N3O5S2/c1-5-27(29(36)32-3)33(18-20-7-16-25(30)26(31)17-20)28(35)19-34(21-8-10-22(11-9-21)39-6-2)41(37,38)24-14-12-23(40-4)13-15-24/h7-17,27H,5-6,18-19H2,1-4H3,(H,32,36)/t27-/m1/s1. The molecule has 0 heterocycles. The summed E-state index contributed by atoms with van der Waals surface area (Å²) in [5.74, 6) is -0.370. The Kier molecular flexibility index (Phi) is 11.8. The Labute approximate surface area is 256 Å². The minimum absolute atomic E-state index is 0.0151. The zero-order valence-corrected chi connectivity index (χ0v) is 26.4. The summed E-state index contributed by atoms with van der Waals surface area (Å²) in [7, 11) is -2.69. The first kappa shape index (κ1) is 32.6. The van der Waals surface area contributed by atoms with Crippen LogP contribution >= 0.6 is 35.0 Å². The van der Waals surface area contributed by atoms with E-state index in [1.165, 1.54) is 35.8 Å². The van der Waals surface area contributed by atoms with E-state index in [0.29, 0.717) is 34.4 Å². The highest BCUT2D eigenvalue weighted by molar-refractivity contribution is 7.98. The number of rotatable bonds is 13. The number of halogens is 2. The summed E-state index contributed by atoms with van der Waals surface area (Å²) in [6, 6.07) is 17.0. The molecule has 2 amide bonds. The van der Waals surface area contributed by atoms with Gasteiger partial charge >= 0.3 is 0 Å². The molecule has 12 heteroatoms. The van der Waals surface area contributed by atoms with Gasteiger partial charge in [-0.15, -0.1) is 11.8 Å². The molecule has 1 atom stereocenters. The molecule has 0 aromatic heterocycles. The number of hydrogen-bond donors (Lipinski definition) is 1. The summed E-state index contributed by atoms with van der Waals surface area (Å²) in [5.41, 5.74) is 0.913. The molecule has 220 valence electrons. The lowest BCUT2D eigenvalue weighted by Crippen LogP contribution is -2.51. The van der Waals surface area contributed by atoms with Crippen molar-refractivity contribution in [3.8, 4) is 5.75 Å². The summed E-state index contributed by atoms with van der Waals surface area (Å²) in [4.78, 5) is 29.1. The lowest BCUT2D eigenvalue weighted by Gasteiger charge is -2.33. The molecule has 3 aromatic rings. The Morgan fingerprint density at radius 1 is 0.976 bits per heavy atom. The van der Waals surface area contributed by atoms with E-state index in [1.54, 1.807) is 61.5 Å². The van der Waals surface area contributed by atoms with Crippen LogP contribution in [0.25, 0.3) is 0 Å². The maximum Gasteiger partial charge on any atom is 0.264 e. The van der Waals surface area contributed by atoms with Gasteiger partial charge in [0, 0.05) is 18.5 Å². The molecule has 0 saturated heterocycles. The summed E-state index contributed by atoms with van der Waals surface area (Å²) in [6.07, 6.45) is 2.20. The number of amides is 2. The van der Waals surface area contributed by atoms with Crippen molar-refractivity contribution in [2.24, 2.45) is 0 Å². The number of nitrogens with zero attached hydrogens (tertiary/aromatic N) is 2. The number of thioether (sulfide) groups is 1. The molecule has 3 rings (SSSR count). The largest absolute Gasteiger partial charge is 0.494 e. The molecule has 0 aliphatic heterocycles. The number of hydrogen-bond acceptors (Lipinski definition) is 6. The van der Waals surface area contributed by atoms with Crippen LogP contribution in [0.15, 0.2) is 76.5 Å². The molecule has 0 radical (unpaired) electrons. The van der Waals surface area contributed by atoms with Crippen molar-refractivity contribution < 1.29 is 22.7 Å². The van der Waals surface area contributed by atoms with E-state index in [4.69, 9.17) is 27.9 Å². The molecule has 0 saturated carbocycles. The minimum Gasteiger partial charge on any atom is -0.494 e. The molecule has 41 heavy (non-hydrogen) atoms. The predicted molar refractivity (Wildman–Crippen MR) is 166 cm³/mol. The van der Waals surface area contributed by atoms with E-state index < -0.39 is 28.5 Å². The van der Waals surface area contributed by atoms with Gasteiger partial charge in [-0.3, -0.25) is 13.9 Å². The van der Waals surface area contributed by atoms with Crippen molar-refractivity contribution >= 4 is 62.5 Å². The van der Waals surface area contributed by atoms with Crippen LogP contribution in [0.4, 0.5) is 5.69 Å². The van der Waals surface area contributed by atoms with Crippen molar-refractivity contribution in [2.45, 2.75) is 42.6 Å². The normalized spacial score (nSPS) is 12.0. The average Bonchev–Trinajstić information content (AvgIpc) is 2.97. The van der Waals surface area contributed by atoms with E-state index in [2.05, 4.69) is 5.32 Å². The Hall–Kier alpha value is -2.92. The van der Waals surface area contributed by atoms with Crippen LogP contribution in [0.3, 0.4) is 0 Å². The van der Waals surface area contributed by atoms with Gasteiger partial charge in [0.05, 0.1) is 27.2 Å². The highest BCUT2D eigenvalue weighted by Crippen LogP contribution is 2.29. The van der Waals surface area contributed by atoms with E-state index in [9.17, 15) is 18.0 Å².